The van der Waals surface area contributed by atoms with Crippen molar-refractivity contribution in [2.24, 2.45) is 11.5 Å². The Balaban J connectivity index is 2.64. The molecular formula is C28H47N7O8. The number of ether oxygens (including phenoxy) is 1. The van der Waals surface area contributed by atoms with Crippen LogP contribution in [0.4, 0.5) is 4.79 Å². The van der Waals surface area contributed by atoms with Crippen molar-refractivity contribution in [1.29, 1.82) is 0 Å². The standard InChI is InChI=1S/C28H47N7O8/c1-28(2,3)43-26(41)20(10-6-7-15-29)34-25(40)19(11-9-16-31-27(30)42)33-22(37)18-32-21(36)12-5-4-8-17-35-23(38)13-14-24(35)39/h13-14,19-20H,4-12,15-18,29H2,1-3H3,(H,32,36)(H,33,37)(H,34,40)(H3,30,31,42)/t19-,20-/m0/s1. The van der Waals surface area contributed by atoms with Gasteiger partial charge in [-0.15, -0.1) is 0 Å². The number of amides is 7. The van der Waals surface area contributed by atoms with E-state index in [1.54, 1.807) is 20.8 Å². The van der Waals surface area contributed by atoms with Gasteiger partial charge in [-0.05, 0) is 72.3 Å². The van der Waals surface area contributed by atoms with Crippen LogP contribution in [0.15, 0.2) is 12.2 Å². The number of carbonyl (C=O) groups excluding carboxylic acids is 7. The van der Waals surface area contributed by atoms with E-state index in [-0.39, 0.29) is 50.2 Å². The van der Waals surface area contributed by atoms with Crippen molar-refractivity contribution in [3.8, 4) is 0 Å². The van der Waals surface area contributed by atoms with Crippen molar-refractivity contribution in [2.45, 2.75) is 96.2 Å². The highest BCUT2D eigenvalue weighted by molar-refractivity contribution is 6.12. The van der Waals surface area contributed by atoms with Crippen LogP contribution in [0.3, 0.4) is 0 Å². The lowest BCUT2D eigenvalue weighted by molar-refractivity contribution is -0.159. The third-order valence-electron chi connectivity index (χ3n) is 6.21. The van der Waals surface area contributed by atoms with E-state index < -0.39 is 41.5 Å². The summed E-state index contributed by atoms with van der Waals surface area (Å²) >= 11 is 0. The highest BCUT2D eigenvalue weighted by Crippen LogP contribution is 2.12. The molecule has 1 rings (SSSR count). The average Bonchev–Trinajstić information content (AvgIpc) is 3.23. The number of primary amides is 1. The zero-order valence-electron chi connectivity index (χ0n) is 25.4. The summed E-state index contributed by atoms with van der Waals surface area (Å²) in [6.07, 6.45) is 6.12. The minimum atomic E-state index is -1.07. The van der Waals surface area contributed by atoms with Crippen LogP contribution in [0.25, 0.3) is 0 Å². The number of carbonyl (C=O) groups is 7. The zero-order chi connectivity index (χ0) is 32.4. The van der Waals surface area contributed by atoms with Crippen LogP contribution >= 0.6 is 0 Å². The van der Waals surface area contributed by atoms with Crippen molar-refractivity contribution in [2.75, 3.05) is 26.2 Å². The second kappa shape index (κ2) is 19.2. The zero-order valence-corrected chi connectivity index (χ0v) is 25.4. The van der Waals surface area contributed by atoms with Gasteiger partial charge in [0.2, 0.25) is 17.7 Å². The van der Waals surface area contributed by atoms with Gasteiger partial charge in [-0.2, -0.15) is 0 Å². The predicted octanol–water partition coefficient (Wildman–Crippen LogP) is -0.523. The van der Waals surface area contributed by atoms with Gasteiger partial charge >= 0.3 is 12.0 Å². The monoisotopic (exact) mass is 609 g/mol. The molecule has 0 fully saturated rings. The first kappa shape index (κ1) is 37.0. The smallest absolute Gasteiger partial charge is 0.329 e. The Labute approximate surface area is 252 Å². The van der Waals surface area contributed by atoms with Crippen LogP contribution in [-0.4, -0.2) is 90.3 Å². The maximum absolute atomic E-state index is 13.2. The van der Waals surface area contributed by atoms with Crippen molar-refractivity contribution in [3.63, 3.8) is 0 Å². The van der Waals surface area contributed by atoms with Crippen molar-refractivity contribution in [1.82, 2.24) is 26.2 Å². The number of urea groups is 1. The Bertz CT molecular complexity index is 1010. The minimum Gasteiger partial charge on any atom is -0.458 e. The van der Waals surface area contributed by atoms with Crippen LogP contribution in [0.2, 0.25) is 0 Å². The largest absolute Gasteiger partial charge is 0.458 e. The molecule has 1 heterocycles. The third-order valence-corrected chi connectivity index (χ3v) is 6.21. The first-order chi connectivity index (χ1) is 20.2. The van der Waals surface area contributed by atoms with Gasteiger partial charge in [0.25, 0.3) is 11.8 Å². The fraction of sp³-hybridized carbons (Fsp3) is 0.679. The third kappa shape index (κ3) is 16.3. The van der Waals surface area contributed by atoms with E-state index >= 15 is 0 Å². The number of unbranched alkanes of at least 4 members (excludes halogenated alkanes) is 3. The van der Waals surface area contributed by atoms with E-state index in [0.717, 1.165) is 4.90 Å². The van der Waals surface area contributed by atoms with E-state index in [4.69, 9.17) is 16.2 Å². The number of hydrogen-bond acceptors (Lipinski definition) is 9. The van der Waals surface area contributed by atoms with Gasteiger partial charge in [-0.3, -0.25) is 28.9 Å². The molecule has 1 aliphatic heterocycles. The first-order valence-electron chi connectivity index (χ1n) is 14.6. The lowest BCUT2D eigenvalue weighted by Gasteiger charge is -2.26. The summed E-state index contributed by atoms with van der Waals surface area (Å²) in [4.78, 5) is 86.0. The molecule has 7 amide bonds. The summed E-state index contributed by atoms with van der Waals surface area (Å²) < 4.78 is 5.45. The number of esters is 1. The molecule has 0 saturated heterocycles. The summed E-state index contributed by atoms with van der Waals surface area (Å²) in [6, 6.07) is -2.75. The van der Waals surface area contributed by atoms with Gasteiger partial charge in [0.15, 0.2) is 0 Å². The van der Waals surface area contributed by atoms with Gasteiger partial charge in [0, 0.05) is 31.7 Å². The number of rotatable bonds is 20. The van der Waals surface area contributed by atoms with Crippen LogP contribution in [0.5, 0.6) is 0 Å². The van der Waals surface area contributed by atoms with Crippen molar-refractivity contribution < 1.29 is 38.3 Å². The Hall–Kier alpha value is -4.01. The summed E-state index contributed by atoms with van der Waals surface area (Å²) in [5.41, 5.74) is 9.87. The summed E-state index contributed by atoms with van der Waals surface area (Å²) in [7, 11) is 0. The number of imide groups is 1. The van der Waals surface area contributed by atoms with Gasteiger partial charge in [0.1, 0.15) is 17.7 Å². The molecule has 0 aromatic rings. The fourth-order valence-electron chi connectivity index (χ4n) is 4.07. The average molecular weight is 610 g/mol. The van der Waals surface area contributed by atoms with Crippen molar-refractivity contribution >= 4 is 41.5 Å². The van der Waals surface area contributed by atoms with E-state index in [1.807, 2.05) is 0 Å². The molecule has 0 aliphatic carbocycles. The van der Waals surface area contributed by atoms with E-state index in [1.165, 1.54) is 12.2 Å². The van der Waals surface area contributed by atoms with E-state index in [0.29, 0.717) is 51.5 Å². The molecular weight excluding hydrogens is 562 g/mol. The topological polar surface area (TPSA) is 232 Å². The van der Waals surface area contributed by atoms with Crippen molar-refractivity contribution in [3.05, 3.63) is 12.2 Å². The molecule has 15 nitrogen and oxygen atoms in total. The van der Waals surface area contributed by atoms with Crippen LogP contribution in [0.1, 0.15) is 78.6 Å². The van der Waals surface area contributed by atoms with Gasteiger partial charge in [-0.25, -0.2) is 9.59 Å². The Morgan fingerprint density at radius 3 is 2.09 bits per heavy atom. The first-order valence-corrected chi connectivity index (χ1v) is 14.6. The number of nitrogens with zero attached hydrogens (tertiary/aromatic N) is 1. The summed E-state index contributed by atoms with van der Waals surface area (Å²) in [6.45, 7) is 5.61. The molecule has 1 aliphatic rings. The van der Waals surface area contributed by atoms with Gasteiger partial charge in [-0.1, -0.05) is 6.42 Å². The molecule has 8 N–H and O–H groups in total. The van der Waals surface area contributed by atoms with E-state index in [2.05, 4.69) is 21.3 Å². The van der Waals surface area contributed by atoms with E-state index in [9.17, 15) is 33.6 Å². The van der Waals surface area contributed by atoms with Crippen LogP contribution in [-0.2, 0) is 33.5 Å². The molecule has 0 aromatic carbocycles. The van der Waals surface area contributed by atoms with Crippen LogP contribution in [0, 0.1) is 0 Å². The summed E-state index contributed by atoms with van der Waals surface area (Å²) in [5.74, 6) is -2.92. The van der Waals surface area contributed by atoms with Gasteiger partial charge < -0.3 is 37.5 Å². The molecule has 0 aromatic heterocycles. The lowest BCUT2D eigenvalue weighted by Crippen LogP contribution is -2.54. The molecule has 0 unspecified atom stereocenters. The number of hydrogen-bond donors (Lipinski definition) is 6. The second-order valence-corrected chi connectivity index (χ2v) is 11.2. The normalized spacial score (nSPS) is 14.2. The molecule has 0 radical (unpaired) electrons. The van der Waals surface area contributed by atoms with Gasteiger partial charge in [0.05, 0.1) is 6.54 Å². The molecule has 0 spiro atoms. The predicted molar refractivity (Wildman–Crippen MR) is 157 cm³/mol. The second-order valence-electron chi connectivity index (χ2n) is 11.2. The SMILES string of the molecule is CC(C)(C)OC(=O)[C@H](CCCCN)NC(=O)[C@H](CCCNC(N)=O)NC(=O)CNC(=O)CCCCCN1C(=O)C=CC1=O. The molecule has 43 heavy (non-hydrogen) atoms. The minimum absolute atomic E-state index is 0.118. The number of nitrogens with one attached hydrogen (secondary N) is 4. The Morgan fingerprint density at radius 1 is 0.837 bits per heavy atom. The molecule has 0 bridgehead atoms. The lowest BCUT2D eigenvalue weighted by atomic mass is 10.1. The summed E-state index contributed by atoms with van der Waals surface area (Å²) in [5, 5.41) is 10.2. The fourth-order valence-corrected chi connectivity index (χ4v) is 4.07. The van der Waals surface area contributed by atoms with Crippen LogP contribution < -0.4 is 32.7 Å². The quantitative estimate of drug-likeness (QED) is 0.0591. The highest BCUT2D eigenvalue weighted by atomic mass is 16.6. The maximum atomic E-state index is 13.2. The molecule has 0 saturated carbocycles. The maximum Gasteiger partial charge on any atom is 0.329 e. The Kier molecular flexibility index (Phi) is 16.6. The highest BCUT2D eigenvalue weighted by Gasteiger charge is 2.30. The number of nitrogens with two attached hydrogens (primary N) is 2. The Morgan fingerprint density at radius 2 is 1.49 bits per heavy atom. The molecule has 2 atom stereocenters. The molecule has 242 valence electrons. The molecule has 15 heteroatoms.